The van der Waals surface area contributed by atoms with Crippen LogP contribution in [0, 0.1) is 5.82 Å². The molecule has 0 radical (unpaired) electrons. The smallest absolute Gasteiger partial charge is 0.129 e. The Morgan fingerprint density at radius 3 is 2.52 bits per heavy atom. The summed E-state index contributed by atoms with van der Waals surface area (Å²) in [5.74, 6) is 0.575. The first-order valence-corrected chi connectivity index (χ1v) is 7.38. The first-order chi connectivity index (χ1) is 10.1. The van der Waals surface area contributed by atoms with Crippen LogP contribution in [0.4, 0.5) is 4.39 Å². The maximum absolute atomic E-state index is 13.7. The average molecular weight is 308 g/mol. The molecule has 0 aromatic heterocycles. The third-order valence-electron chi connectivity index (χ3n) is 3.30. The highest BCUT2D eigenvalue weighted by molar-refractivity contribution is 6.30. The predicted octanol–water partition coefficient (Wildman–Crippen LogP) is 4.73. The Morgan fingerprint density at radius 2 is 1.90 bits per heavy atom. The molecule has 4 heteroatoms. The second-order valence-electron chi connectivity index (χ2n) is 4.84. The summed E-state index contributed by atoms with van der Waals surface area (Å²) in [4.78, 5) is 0. The summed E-state index contributed by atoms with van der Waals surface area (Å²) in [5.41, 5.74) is 1.74. The molecule has 1 unspecified atom stereocenters. The fourth-order valence-electron chi connectivity index (χ4n) is 2.07. The lowest BCUT2D eigenvalue weighted by Gasteiger charge is -2.15. The number of nitrogens with one attached hydrogen (secondary N) is 1. The molecule has 2 nitrogen and oxygen atoms in total. The second-order valence-corrected chi connectivity index (χ2v) is 5.28. The van der Waals surface area contributed by atoms with Gasteiger partial charge < -0.3 is 10.1 Å². The standard InChI is InChI=1S/C17H19ClFNO/c1-3-21-16-8-5-13(6-9-16)12(2)20-11-14-4-7-15(18)10-17(14)19/h4-10,12,20H,3,11H2,1-2H3. The van der Waals surface area contributed by atoms with E-state index in [9.17, 15) is 4.39 Å². The Bertz CT molecular complexity index is 586. The van der Waals surface area contributed by atoms with Crippen molar-refractivity contribution in [3.63, 3.8) is 0 Å². The SMILES string of the molecule is CCOc1ccc(C(C)NCc2ccc(Cl)cc2F)cc1. The van der Waals surface area contributed by atoms with Gasteiger partial charge in [-0.2, -0.15) is 0 Å². The molecular weight excluding hydrogens is 289 g/mol. The molecule has 2 aromatic rings. The summed E-state index contributed by atoms with van der Waals surface area (Å²) in [6.07, 6.45) is 0. The number of halogens is 2. The van der Waals surface area contributed by atoms with Crippen LogP contribution in [0.3, 0.4) is 0 Å². The van der Waals surface area contributed by atoms with Gasteiger partial charge in [0.15, 0.2) is 0 Å². The fourth-order valence-corrected chi connectivity index (χ4v) is 2.22. The van der Waals surface area contributed by atoms with E-state index in [0.29, 0.717) is 23.7 Å². The van der Waals surface area contributed by atoms with Crippen molar-refractivity contribution in [2.45, 2.75) is 26.4 Å². The van der Waals surface area contributed by atoms with Crippen LogP contribution in [0.25, 0.3) is 0 Å². The van der Waals surface area contributed by atoms with Crippen molar-refractivity contribution in [1.82, 2.24) is 5.32 Å². The van der Waals surface area contributed by atoms with Crippen LogP contribution in [0.2, 0.25) is 5.02 Å². The maximum atomic E-state index is 13.7. The maximum Gasteiger partial charge on any atom is 0.129 e. The Kier molecular flexibility index (Phi) is 5.59. The fraction of sp³-hybridized carbons (Fsp3) is 0.294. The third-order valence-corrected chi connectivity index (χ3v) is 3.54. The molecule has 0 saturated heterocycles. The minimum atomic E-state index is -0.283. The topological polar surface area (TPSA) is 21.3 Å². The molecule has 0 saturated carbocycles. The lowest BCUT2D eigenvalue weighted by molar-refractivity contribution is 0.340. The van der Waals surface area contributed by atoms with Crippen molar-refractivity contribution in [2.24, 2.45) is 0 Å². The normalized spacial score (nSPS) is 12.2. The van der Waals surface area contributed by atoms with Crippen molar-refractivity contribution < 1.29 is 9.13 Å². The molecule has 2 rings (SSSR count). The molecule has 0 spiro atoms. The minimum absolute atomic E-state index is 0.121. The van der Waals surface area contributed by atoms with E-state index in [1.54, 1.807) is 12.1 Å². The van der Waals surface area contributed by atoms with Gasteiger partial charge in [0.25, 0.3) is 0 Å². The van der Waals surface area contributed by atoms with Gasteiger partial charge in [-0.1, -0.05) is 29.8 Å². The van der Waals surface area contributed by atoms with Crippen molar-refractivity contribution in [3.8, 4) is 5.75 Å². The number of benzene rings is 2. The zero-order chi connectivity index (χ0) is 15.2. The van der Waals surface area contributed by atoms with Crippen LogP contribution in [0.1, 0.15) is 31.0 Å². The molecule has 0 aliphatic carbocycles. The van der Waals surface area contributed by atoms with Crippen LogP contribution in [-0.2, 0) is 6.54 Å². The van der Waals surface area contributed by atoms with Crippen LogP contribution < -0.4 is 10.1 Å². The van der Waals surface area contributed by atoms with Crippen molar-refractivity contribution in [1.29, 1.82) is 0 Å². The number of ether oxygens (including phenoxy) is 1. The van der Waals surface area contributed by atoms with Crippen LogP contribution in [0.5, 0.6) is 5.75 Å². The van der Waals surface area contributed by atoms with E-state index in [1.807, 2.05) is 38.1 Å². The summed E-state index contributed by atoms with van der Waals surface area (Å²) in [5, 5.41) is 3.72. The molecule has 1 N–H and O–H groups in total. The Balaban J connectivity index is 1.96. The van der Waals surface area contributed by atoms with E-state index in [1.165, 1.54) is 6.07 Å². The van der Waals surface area contributed by atoms with E-state index in [-0.39, 0.29) is 11.9 Å². The molecule has 2 aromatic carbocycles. The zero-order valence-corrected chi connectivity index (χ0v) is 13.0. The molecule has 21 heavy (non-hydrogen) atoms. The Labute approximate surface area is 129 Å². The minimum Gasteiger partial charge on any atom is -0.494 e. The summed E-state index contributed by atoms with van der Waals surface area (Å²) in [6, 6.07) is 12.8. The number of hydrogen-bond donors (Lipinski definition) is 1. The molecule has 0 aliphatic rings. The third kappa shape index (κ3) is 4.45. The van der Waals surface area contributed by atoms with E-state index >= 15 is 0 Å². The molecule has 0 heterocycles. The highest BCUT2D eigenvalue weighted by Gasteiger charge is 2.08. The van der Waals surface area contributed by atoms with Crippen LogP contribution in [-0.4, -0.2) is 6.61 Å². The van der Waals surface area contributed by atoms with Gasteiger partial charge in [-0.25, -0.2) is 4.39 Å². The Morgan fingerprint density at radius 1 is 1.19 bits per heavy atom. The van der Waals surface area contributed by atoms with E-state index in [4.69, 9.17) is 16.3 Å². The van der Waals surface area contributed by atoms with Gasteiger partial charge in [0.1, 0.15) is 11.6 Å². The average Bonchev–Trinajstić information content (AvgIpc) is 2.47. The lowest BCUT2D eigenvalue weighted by Crippen LogP contribution is -2.18. The molecule has 1 atom stereocenters. The van der Waals surface area contributed by atoms with Crippen molar-refractivity contribution in [2.75, 3.05) is 6.61 Å². The van der Waals surface area contributed by atoms with Crippen LogP contribution >= 0.6 is 11.6 Å². The van der Waals surface area contributed by atoms with Crippen molar-refractivity contribution >= 4 is 11.6 Å². The molecule has 0 amide bonds. The molecule has 0 fully saturated rings. The largest absolute Gasteiger partial charge is 0.494 e. The van der Waals surface area contributed by atoms with E-state index in [2.05, 4.69) is 5.32 Å². The van der Waals surface area contributed by atoms with Crippen molar-refractivity contribution in [3.05, 3.63) is 64.4 Å². The molecule has 0 aliphatic heterocycles. The quantitative estimate of drug-likeness (QED) is 0.833. The lowest BCUT2D eigenvalue weighted by atomic mass is 10.1. The molecule has 112 valence electrons. The van der Waals surface area contributed by atoms with Gasteiger partial charge >= 0.3 is 0 Å². The first kappa shape index (κ1) is 15.8. The van der Waals surface area contributed by atoms with Gasteiger partial charge in [-0.15, -0.1) is 0 Å². The summed E-state index contributed by atoms with van der Waals surface area (Å²) >= 11 is 5.74. The summed E-state index contributed by atoms with van der Waals surface area (Å²) in [7, 11) is 0. The van der Waals surface area contributed by atoms with Gasteiger partial charge in [0.2, 0.25) is 0 Å². The summed E-state index contributed by atoms with van der Waals surface area (Å²) in [6.45, 7) is 5.11. The number of hydrogen-bond acceptors (Lipinski definition) is 2. The monoisotopic (exact) mass is 307 g/mol. The highest BCUT2D eigenvalue weighted by Crippen LogP contribution is 2.19. The molecular formula is C17H19ClFNO. The number of rotatable bonds is 6. The van der Waals surface area contributed by atoms with Gasteiger partial charge in [0, 0.05) is 23.2 Å². The zero-order valence-electron chi connectivity index (χ0n) is 12.2. The van der Waals surface area contributed by atoms with E-state index < -0.39 is 0 Å². The highest BCUT2D eigenvalue weighted by atomic mass is 35.5. The predicted molar refractivity (Wildman–Crippen MR) is 84.3 cm³/mol. The first-order valence-electron chi connectivity index (χ1n) is 7.00. The van der Waals surface area contributed by atoms with Crippen LogP contribution in [0.15, 0.2) is 42.5 Å². The Hall–Kier alpha value is -1.58. The molecule has 0 bridgehead atoms. The van der Waals surface area contributed by atoms with Gasteiger partial charge in [-0.3, -0.25) is 0 Å². The van der Waals surface area contributed by atoms with Gasteiger partial charge in [0.05, 0.1) is 6.61 Å². The second kappa shape index (κ2) is 7.43. The van der Waals surface area contributed by atoms with E-state index in [0.717, 1.165) is 11.3 Å². The summed E-state index contributed by atoms with van der Waals surface area (Å²) < 4.78 is 19.1. The van der Waals surface area contributed by atoms with Gasteiger partial charge in [-0.05, 0) is 43.7 Å².